The number of hydrogen-bond donors (Lipinski definition) is 3. The first kappa shape index (κ1) is 26.4. The summed E-state index contributed by atoms with van der Waals surface area (Å²) in [5.41, 5.74) is 11.2. The third-order valence-electron chi connectivity index (χ3n) is 6.37. The lowest BCUT2D eigenvalue weighted by atomic mass is 9.95. The molecule has 1 amide bonds. The van der Waals surface area contributed by atoms with Crippen molar-refractivity contribution in [1.29, 1.82) is 0 Å². The predicted molar refractivity (Wildman–Crippen MR) is 150 cm³/mol. The zero-order valence-electron chi connectivity index (χ0n) is 22.1. The molecule has 4 N–H and O–H groups in total. The Morgan fingerprint density at radius 2 is 1.98 bits per heavy atom. The molecule has 0 aliphatic rings. The fraction of sp³-hybridized carbons (Fsp3) is 0.138. The fourth-order valence-corrected chi connectivity index (χ4v) is 4.46. The van der Waals surface area contributed by atoms with E-state index in [1.54, 1.807) is 51.2 Å². The number of nitrogens with one attached hydrogen (secondary N) is 1. The second-order valence-electron chi connectivity index (χ2n) is 9.23. The Morgan fingerprint density at radius 3 is 2.67 bits per heavy atom. The maximum absolute atomic E-state index is 15.4. The number of nitrogens with zero attached hydrogens (tertiary/aromatic N) is 5. The van der Waals surface area contributed by atoms with Crippen LogP contribution in [0.4, 0.5) is 15.9 Å². The van der Waals surface area contributed by atoms with Gasteiger partial charge in [0.05, 0.1) is 17.7 Å². The standard InChI is InChI=1S/C29H26FN7O3/c1-15(2)28(39)36-19-6-7-20(18(11-19)13-38)25-23(24-26(31)33-14-34-27(24)37(25)4)17-5-8-22(21(30)12-17)40-29-32-10-9-16(3)35-29/h5-12,14,38H,1,13H2,2-4H3,(H,36,39)(H2,31,33,34). The Balaban J connectivity index is 1.67. The maximum atomic E-state index is 15.4. The summed E-state index contributed by atoms with van der Waals surface area (Å²) in [5, 5.41) is 13.6. The van der Waals surface area contributed by atoms with Crippen molar-refractivity contribution in [2.45, 2.75) is 20.5 Å². The Bertz CT molecular complexity index is 1800. The summed E-state index contributed by atoms with van der Waals surface area (Å²) >= 11 is 0. The highest BCUT2D eigenvalue weighted by Crippen LogP contribution is 2.44. The second kappa shape index (κ2) is 10.5. The van der Waals surface area contributed by atoms with Crippen molar-refractivity contribution in [3.63, 3.8) is 0 Å². The van der Waals surface area contributed by atoms with E-state index in [1.165, 1.54) is 24.7 Å². The molecule has 2 aromatic carbocycles. The number of carbonyl (C=O) groups is 1. The molecule has 0 atom stereocenters. The van der Waals surface area contributed by atoms with Gasteiger partial charge < -0.3 is 25.5 Å². The number of halogens is 1. The molecule has 11 heteroatoms. The van der Waals surface area contributed by atoms with E-state index in [2.05, 4.69) is 31.8 Å². The van der Waals surface area contributed by atoms with Crippen molar-refractivity contribution in [2.75, 3.05) is 11.1 Å². The van der Waals surface area contributed by atoms with Gasteiger partial charge in [0, 0.05) is 41.3 Å². The number of nitrogens with two attached hydrogens (primary N) is 1. The number of amides is 1. The van der Waals surface area contributed by atoms with E-state index in [0.29, 0.717) is 55.9 Å². The second-order valence-corrected chi connectivity index (χ2v) is 9.23. The molecule has 0 fully saturated rings. The van der Waals surface area contributed by atoms with Crippen molar-refractivity contribution in [1.82, 2.24) is 24.5 Å². The number of rotatable bonds is 7. The molecule has 0 radical (unpaired) electrons. The lowest BCUT2D eigenvalue weighted by Crippen LogP contribution is -2.12. The minimum Gasteiger partial charge on any atom is -0.421 e. The van der Waals surface area contributed by atoms with E-state index >= 15 is 4.39 Å². The van der Waals surface area contributed by atoms with Gasteiger partial charge >= 0.3 is 6.01 Å². The van der Waals surface area contributed by atoms with Crippen LogP contribution in [-0.2, 0) is 18.4 Å². The summed E-state index contributed by atoms with van der Waals surface area (Å²) in [6, 6.07) is 11.4. The highest BCUT2D eigenvalue weighted by molar-refractivity contribution is 6.08. The minimum absolute atomic E-state index is 0.0292. The fourth-order valence-electron chi connectivity index (χ4n) is 4.46. The first-order chi connectivity index (χ1) is 19.2. The van der Waals surface area contributed by atoms with Crippen LogP contribution < -0.4 is 15.8 Å². The molecule has 3 heterocycles. The lowest BCUT2D eigenvalue weighted by Gasteiger charge is -2.15. The van der Waals surface area contributed by atoms with Gasteiger partial charge in [-0.25, -0.2) is 24.3 Å². The number of aliphatic hydroxyl groups excluding tert-OH is 1. The number of nitrogen functional groups attached to an aromatic ring is 1. The van der Waals surface area contributed by atoms with Crippen LogP contribution in [0.25, 0.3) is 33.4 Å². The highest BCUT2D eigenvalue weighted by atomic mass is 19.1. The van der Waals surface area contributed by atoms with Crippen molar-refractivity contribution >= 4 is 28.4 Å². The number of anilines is 2. The summed E-state index contributed by atoms with van der Waals surface area (Å²) in [7, 11) is 1.80. The van der Waals surface area contributed by atoms with Gasteiger partial charge in [0.1, 0.15) is 17.8 Å². The molecule has 0 aliphatic carbocycles. The summed E-state index contributed by atoms with van der Waals surface area (Å²) in [6.45, 7) is 6.71. The zero-order chi connectivity index (χ0) is 28.6. The maximum Gasteiger partial charge on any atom is 0.322 e. The molecule has 5 aromatic rings. The molecule has 0 aliphatic heterocycles. The molecule has 5 rings (SSSR count). The molecule has 0 saturated heterocycles. The number of benzene rings is 2. The normalized spacial score (nSPS) is 11.0. The number of hydrogen-bond acceptors (Lipinski definition) is 8. The van der Waals surface area contributed by atoms with Crippen LogP contribution in [-0.4, -0.2) is 35.5 Å². The van der Waals surface area contributed by atoms with Gasteiger partial charge in [0.25, 0.3) is 5.91 Å². The van der Waals surface area contributed by atoms with Crippen LogP contribution in [0, 0.1) is 12.7 Å². The van der Waals surface area contributed by atoms with E-state index < -0.39 is 5.82 Å². The zero-order valence-corrected chi connectivity index (χ0v) is 22.1. The molecule has 40 heavy (non-hydrogen) atoms. The largest absolute Gasteiger partial charge is 0.421 e. The van der Waals surface area contributed by atoms with Gasteiger partial charge in [0.15, 0.2) is 11.6 Å². The number of aliphatic hydroxyl groups is 1. The molecular weight excluding hydrogens is 513 g/mol. The molecule has 0 spiro atoms. The van der Waals surface area contributed by atoms with Crippen LogP contribution in [0.5, 0.6) is 11.8 Å². The molecular formula is C29H26FN7O3. The van der Waals surface area contributed by atoms with Crippen molar-refractivity contribution in [2.24, 2.45) is 7.05 Å². The molecule has 3 aromatic heterocycles. The van der Waals surface area contributed by atoms with E-state index in [-0.39, 0.29) is 30.1 Å². The molecule has 0 unspecified atom stereocenters. The van der Waals surface area contributed by atoms with E-state index in [4.69, 9.17) is 10.5 Å². The Kier molecular flexibility index (Phi) is 6.97. The van der Waals surface area contributed by atoms with Crippen LogP contribution in [0.1, 0.15) is 18.2 Å². The SMILES string of the molecule is C=C(C)C(=O)Nc1ccc(-c2c(-c3ccc(Oc4nccc(C)n4)c(F)c3)c3c(N)ncnc3n2C)c(CO)c1. The van der Waals surface area contributed by atoms with Crippen LogP contribution in [0.2, 0.25) is 0 Å². The van der Waals surface area contributed by atoms with E-state index in [1.807, 2.05) is 4.57 Å². The highest BCUT2D eigenvalue weighted by Gasteiger charge is 2.24. The van der Waals surface area contributed by atoms with Gasteiger partial charge in [-0.15, -0.1) is 0 Å². The van der Waals surface area contributed by atoms with Crippen LogP contribution in [0.15, 0.2) is 67.1 Å². The van der Waals surface area contributed by atoms with E-state index in [0.717, 1.165) is 0 Å². The van der Waals surface area contributed by atoms with Gasteiger partial charge in [-0.05, 0) is 55.3 Å². The van der Waals surface area contributed by atoms with E-state index in [9.17, 15) is 9.90 Å². The topological polar surface area (TPSA) is 141 Å². The number of aryl methyl sites for hydroxylation is 2. The summed E-state index contributed by atoms with van der Waals surface area (Å²) in [4.78, 5) is 28.9. The third kappa shape index (κ3) is 4.85. The number of carbonyl (C=O) groups excluding carboxylic acids is 1. The van der Waals surface area contributed by atoms with Gasteiger partial charge in [0.2, 0.25) is 0 Å². The Labute approximate surface area is 229 Å². The van der Waals surface area contributed by atoms with Gasteiger partial charge in [-0.2, -0.15) is 0 Å². The average Bonchev–Trinajstić information content (AvgIpc) is 3.23. The Hall–Kier alpha value is -5.16. The summed E-state index contributed by atoms with van der Waals surface area (Å²) in [6.07, 6.45) is 2.89. The van der Waals surface area contributed by atoms with Crippen LogP contribution in [0.3, 0.4) is 0 Å². The van der Waals surface area contributed by atoms with Crippen molar-refractivity contribution in [3.8, 4) is 34.1 Å². The minimum atomic E-state index is -0.638. The summed E-state index contributed by atoms with van der Waals surface area (Å²) < 4.78 is 22.8. The molecule has 10 nitrogen and oxygen atoms in total. The molecule has 0 bridgehead atoms. The van der Waals surface area contributed by atoms with Gasteiger partial charge in [-0.1, -0.05) is 18.7 Å². The first-order valence-corrected chi connectivity index (χ1v) is 12.2. The number of aromatic nitrogens is 5. The third-order valence-corrected chi connectivity index (χ3v) is 6.37. The Morgan fingerprint density at radius 1 is 1.18 bits per heavy atom. The summed E-state index contributed by atoms with van der Waals surface area (Å²) in [5.74, 6) is -0.805. The predicted octanol–water partition coefficient (Wildman–Crippen LogP) is 4.92. The monoisotopic (exact) mass is 539 g/mol. The number of fused-ring (bicyclic) bond motifs is 1. The lowest BCUT2D eigenvalue weighted by molar-refractivity contribution is -0.112. The quantitative estimate of drug-likeness (QED) is 0.248. The average molecular weight is 540 g/mol. The van der Waals surface area contributed by atoms with Gasteiger partial charge in [-0.3, -0.25) is 4.79 Å². The molecule has 0 saturated carbocycles. The molecule has 202 valence electrons. The van der Waals surface area contributed by atoms with Crippen LogP contribution >= 0.6 is 0 Å². The first-order valence-electron chi connectivity index (χ1n) is 12.2. The smallest absolute Gasteiger partial charge is 0.322 e. The number of ether oxygens (including phenoxy) is 1. The van der Waals surface area contributed by atoms with Crippen molar-refractivity contribution in [3.05, 3.63) is 84.2 Å². The van der Waals surface area contributed by atoms with Crippen molar-refractivity contribution < 1.29 is 19.0 Å².